The maximum atomic E-state index is 2.73. The summed E-state index contributed by atoms with van der Waals surface area (Å²) in [6.07, 6.45) is 1.34. The van der Waals surface area contributed by atoms with Crippen molar-refractivity contribution in [3.63, 3.8) is 0 Å². The van der Waals surface area contributed by atoms with Gasteiger partial charge in [-0.2, -0.15) is 0 Å². The fourth-order valence-electron chi connectivity index (χ4n) is 4.11. The fraction of sp³-hybridized carbons (Fsp3) is 1.00. The zero-order valence-corrected chi connectivity index (χ0v) is 11.3. The first-order chi connectivity index (χ1) is 6.70. The molecule has 2 bridgehead atoms. The molecule has 2 heterocycles. The predicted octanol–water partition coefficient (Wildman–Crippen LogP) is 2.34. The van der Waals surface area contributed by atoms with Gasteiger partial charge in [-0.25, -0.2) is 0 Å². The highest BCUT2D eigenvalue weighted by atomic mass is 15.4. The van der Waals surface area contributed by atoms with Crippen molar-refractivity contribution < 1.29 is 0 Å². The number of hydrogen-bond donors (Lipinski definition) is 0. The Kier molecular flexibility index (Phi) is 2.27. The maximum Gasteiger partial charge on any atom is 0.0315 e. The molecule has 2 aliphatic rings. The Bertz CT molecular complexity index is 268. The van der Waals surface area contributed by atoms with Crippen LogP contribution in [-0.2, 0) is 0 Å². The van der Waals surface area contributed by atoms with E-state index in [1.54, 1.807) is 0 Å². The third-order valence-corrected chi connectivity index (χ3v) is 5.01. The number of likely N-dealkylation sites (N-methyl/N-ethyl adjacent to an activating group) is 1. The van der Waals surface area contributed by atoms with Crippen LogP contribution in [0.1, 0.15) is 48.0 Å². The Morgan fingerprint density at radius 1 is 1.00 bits per heavy atom. The van der Waals surface area contributed by atoms with Crippen molar-refractivity contribution >= 4 is 0 Å². The van der Waals surface area contributed by atoms with E-state index in [0.717, 1.165) is 12.1 Å². The summed E-state index contributed by atoms with van der Waals surface area (Å²) in [4.78, 5) is 5.33. The van der Waals surface area contributed by atoms with Crippen LogP contribution in [0.3, 0.4) is 0 Å². The summed E-state index contributed by atoms with van der Waals surface area (Å²) in [5.74, 6) is 0. The van der Waals surface area contributed by atoms with Gasteiger partial charge in [-0.05, 0) is 55.0 Å². The minimum absolute atomic E-state index is 0.336. The second kappa shape index (κ2) is 2.98. The van der Waals surface area contributed by atoms with Crippen molar-refractivity contribution in [3.8, 4) is 0 Å². The number of rotatable bonds is 1. The maximum absolute atomic E-state index is 2.73. The molecule has 0 saturated carbocycles. The van der Waals surface area contributed by atoms with Crippen LogP contribution in [0.5, 0.6) is 0 Å². The van der Waals surface area contributed by atoms with E-state index in [9.17, 15) is 0 Å². The lowest BCUT2D eigenvalue weighted by Gasteiger charge is -2.55. The van der Waals surface area contributed by atoms with E-state index in [0.29, 0.717) is 17.1 Å². The molecular formula is C13H26N2. The molecule has 0 aromatic rings. The van der Waals surface area contributed by atoms with Crippen LogP contribution in [0.15, 0.2) is 0 Å². The van der Waals surface area contributed by atoms with Crippen LogP contribution >= 0.6 is 0 Å². The number of piperazine rings is 1. The summed E-state index contributed by atoms with van der Waals surface area (Å²) in [5, 5.41) is 0. The zero-order valence-electron chi connectivity index (χ0n) is 11.3. The van der Waals surface area contributed by atoms with E-state index >= 15 is 0 Å². The molecule has 2 unspecified atom stereocenters. The SMILES string of the molecule is CC(C)N1C2CC(N(C)C2(C)C)C1(C)C. The molecule has 2 saturated heterocycles. The smallest absolute Gasteiger partial charge is 0.0315 e. The molecule has 15 heavy (non-hydrogen) atoms. The van der Waals surface area contributed by atoms with Crippen LogP contribution in [-0.4, -0.2) is 46.1 Å². The molecule has 2 atom stereocenters. The first kappa shape index (κ1) is 11.4. The summed E-state index contributed by atoms with van der Waals surface area (Å²) in [6.45, 7) is 14.3. The average Bonchev–Trinajstić information content (AvgIpc) is 2.45. The lowest BCUT2D eigenvalue weighted by Crippen LogP contribution is -2.67. The van der Waals surface area contributed by atoms with Gasteiger partial charge in [0.15, 0.2) is 0 Å². The highest BCUT2D eigenvalue weighted by Crippen LogP contribution is 2.50. The highest BCUT2D eigenvalue weighted by molar-refractivity contribution is 5.19. The van der Waals surface area contributed by atoms with Gasteiger partial charge in [-0.3, -0.25) is 9.80 Å². The lowest BCUT2D eigenvalue weighted by atomic mass is 9.88. The van der Waals surface area contributed by atoms with Crippen LogP contribution in [0.4, 0.5) is 0 Å². The van der Waals surface area contributed by atoms with Crippen LogP contribution < -0.4 is 0 Å². The standard InChI is InChI=1S/C13H26N2/c1-9(2)15-11-8-10(13(15,5)6)14(7)12(11,3)4/h9-11H,8H2,1-7H3. The molecular weight excluding hydrogens is 184 g/mol. The van der Waals surface area contributed by atoms with Crippen molar-refractivity contribution in [2.45, 2.75) is 77.2 Å². The number of fused-ring (bicyclic) bond motifs is 2. The third-order valence-electron chi connectivity index (χ3n) is 5.01. The summed E-state index contributed by atoms with van der Waals surface area (Å²) in [7, 11) is 2.30. The predicted molar refractivity (Wildman–Crippen MR) is 65.1 cm³/mol. The van der Waals surface area contributed by atoms with Crippen LogP contribution in [0.2, 0.25) is 0 Å². The van der Waals surface area contributed by atoms with E-state index < -0.39 is 0 Å². The first-order valence-corrected chi connectivity index (χ1v) is 6.22. The molecule has 2 rings (SSSR count). The average molecular weight is 210 g/mol. The van der Waals surface area contributed by atoms with Gasteiger partial charge in [-0.15, -0.1) is 0 Å². The van der Waals surface area contributed by atoms with Gasteiger partial charge in [0.25, 0.3) is 0 Å². The Balaban J connectivity index is 2.38. The second-order valence-corrected chi connectivity index (χ2v) is 6.69. The van der Waals surface area contributed by atoms with Crippen molar-refractivity contribution in [1.29, 1.82) is 0 Å². The molecule has 2 aliphatic heterocycles. The van der Waals surface area contributed by atoms with Gasteiger partial charge >= 0.3 is 0 Å². The Morgan fingerprint density at radius 2 is 1.53 bits per heavy atom. The highest BCUT2D eigenvalue weighted by Gasteiger charge is 2.62. The van der Waals surface area contributed by atoms with Gasteiger partial charge in [0.2, 0.25) is 0 Å². The van der Waals surface area contributed by atoms with E-state index in [1.165, 1.54) is 6.42 Å². The summed E-state index contributed by atoms with van der Waals surface area (Å²) >= 11 is 0. The molecule has 0 radical (unpaired) electrons. The monoisotopic (exact) mass is 210 g/mol. The molecule has 2 nitrogen and oxygen atoms in total. The van der Waals surface area contributed by atoms with E-state index in [4.69, 9.17) is 0 Å². The van der Waals surface area contributed by atoms with Crippen molar-refractivity contribution in [2.24, 2.45) is 0 Å². The molecule has 0 spiro atoms. The summed E-state index contributed by atoms with van der Waals surface area (Å²) in [6, 6.07) is 2.10. The number of nitrogens with zero attached hydrogens (tertiary/aromatic N) is 2. The molecule has 0 amide bonds. The quantitative estimate of drug-likeness (QED) is 0.655. The number of likely N-dealkylation sites (tertiary alicyclic amines) is 2. The number of hydrogen-bond acceptors (Lipinski definition) is 2. The minimum atomic E-state index is 0.336. The molecule has 0 N–H and O–H groups in total. The fourth-order valence-corrected chi connectivity index (χ4v) is 4.11. The molecule has 0 aromatic heterocycles. The van der Waals surface area contributed by atoms with Gasteiger partial charge in [0, 0.05) is 29.2 Å². The lowest BCUT2D eigenvalue weighted by molar-refractivity contribution is -0.0619. The second-order valence-electron chi connectivity index (χ2n) is 6.69. The third kappa shape index (κ3) is 1.24. The first-order valence-electron chi connectivity index (χ1n) is 6.22. The van der Waals surface area contributed by atoms with Gasteiger partial charge in [0.05, 0.1) is 0 Å². The van der Waals surface area contributed by atoms with E-state index in [1.807, 2.05) is 0 Å². The zero-order chi connectivity index (χ0) is 11.6. The molecule has 88 valence electrons. The largest absolute Gasteiger partial charge is 0.295 e. The van der Waals surface area contributed by atoms with Crippen LogP contribution in [0.25, 0.3) is 0 Å². The molecule has 2 fully saturated rings. The molecule has 0 aromatic carbocycles. The van der Waals surface area contributed by atoms with Crippen molar-refractivity contribution in [1.82, 2.24) is 9.80 Å². The Morgan fingerprint density at radius 3 is 1.93 bits per heavy atom. The topological polar surface area (TPSA) is 6.48 Å². The van der Waals surface area contributed by atoms with Gasteiger partial charge in [0.1, 0.15) is 0 Å². The van der Waals surface area contributed by atoms with Crippen LogP contribution in [0, 0.1) is 0 Å². The minimum Gasteiger partial charge on any atom is -0.295 e. The summed E-state index contributed by atoms with van der Waals surface area (Å²) < 4.78 is 0. The van der Waals surface area contributed by atoms with Crippen molar-refractivity contribution in [3.05, 3.63) is 0 Å². The molecule has 2 heteroatoms. The van der Waals surface area contributed by atoms with Gasteiger partial charge < -0.3 is 0 Å². The Hall–Kier alpha value is -0.0800. The van der Waals surface area contributed by atoms with E-state index in [-0.39, 0.29) is 0 Å². The Labute approximate surface area is 94.6 Å². The normalized spacial score (nSPS) is 39.2. The van der Waals surface area contributed by atoms with Gasteiger partial charge in [-0.1, -0.05) is 0 Å². The molecule has 0 aliphatic carbocycles. The van der Waals surface area contributed by atoms with E-state index in [2.05, 4.69) is 58.4 Å². The van der Waals surface area contributed by atoms with Crippen molar-refractivity contribution in [2.75, 3.05) is 7.05 Å². The summed E-state index contributed by atoms with van der Waals surface area (Å²) in [5.41, 5.74) is 0.674.